The van der Waals surface area contributed by atoms with E-state index < -0.39 is 32.1 Å². The molecule has 0 aliphatic carbocycles. The molecular weight excluding hydrogens is 262 g/mol. The molecule has 1 unspecified atom stereocenters. The van der Waals surface area contributed by atoms with Crippen molar-refractivity contribution in [2.75, 3.05) is 0 Å². The van der Waals surface area contributed by atoms with Gasteiger partial charge in [0.25, 0.3) is 0 Å². The minimum Gasteiger partial charge on any atom is -0.207 e. The zero-order valence-corrected chi connectivity index (χ0v) is 10.7. The Balaban J connectivity index is 3.24. The normalized spacial score (nSPS) is 14.8. The van der Waals surface area contributed by atoms with Crippen LogP contribution in [0.15, 0.2) is 23.1 Å². The highest BCUT2D eigenvalue weighted by molar-refractivity contribution is 7.89. The van der Waals surface area contributed by atoms with Crippen LogP contribution in [0.4, 0.5) is 8.78 Å². The Hall–Kier alpha value is -1.52. The van der Waals surface area contributed by atoms with E-state index in [4.69, 9.17) is 5.26 Å². The van der Waals surface area contributed by atoms with E-state index in [1.807, 2.05) is 0 Å². The first-order chi connectivity index (χ1) is 8.24. The van der Waals surface area contributed by atoms with Crippen molar-refractivity contribution in [2.24, 2.45) is 0 Å². The lowest BCUT2D eigenvalue weighted by Gasteiger charge is -2.21. The van der Waals surface area contributed by atoms with Crippen LogP contribution in [0, 0.1) is 23.0 Å². The van der Waals surface area contributed by atoms with Gasteiger partial charge in [-0.05, 0) is 31.5 Å². The molecule has 0 aliphatic heterocycles. The third kappa shape index (κ3) is 3.03. The van der Waals surface area contributed by atoms with Gasteiger partial charge in [0, 0.05) is 0 Å². The van der Waals surface area contributed by atoms with Crippen LogP contribution in [-0.4, -0.2) is 14.0 Å². The van der Waals surface area contributed by atoms with Gasteiger partial charge in [-0.15, -0.1) is 0 Å². The summed E-state index contributed by atoms with van der Waals surface area (Å²) in [5.41, 5.74) is -1.36. The summed E-state index contributed by atoms with van der Waals surface area (Å²) in [6.45, 7) is 2.97. The Labute approximate surface area is 104 Å². The summed E-state index contributed by atoms with van der Waals surface area (Å²) in [6, 6.07) is 3.90. The molecule has 4 nitrogen and oxygen atoms in total. The summed E-state index contributed by atoms with van der Waals surface area (Å²) in [6.07, 6.45) is 0.194. The Bertz CT molecular complexity index is 596. The number of nitrogens with one attached hydrogen (secondary N) is 1. The van der Waals surface area contributed by atoms with Gasteiger partial charge in [0.2, 0.25) is 10.0 Å². The molecule has 0 saturated carbocycles. The van der Waals surface area contributed by atoms with Crippen LogP contribution in [0.25, 0.3) is 0 Å². The first kappa shape index (κ1) is 14.5. The maximum Gasteiger partial charge on any atom is 0.244 e. The van der Waals surface area contributed by atoms with Crippen LogP contribution in [-0.2, 0) is 10.0 Å². The molecule has 0 bridgehead atoms. The van der Waals surface area contributed by atoms with Crippen LogP contribution in [0.3, 0.4) is 0 Å². The van der Waals surface area contributed by atoms with Crippen LogP contribution in [0.2, 0.25) is 0 Å². The predicted octanol–water partition coefficient (Wildman–Crippen LogP) is 1.94. The molecule has 0 aromatic heterocycles. The molecule has 0 fully saturated rings. The highest BCUT2D eigenvalue weighted by atomic mass is 32.2. The fraction of sp³-hybridized carbons (Fsp3) is 0.364. The minimum absolute atomic E-state index is 0.194. The molecule has 0 aliphatic rings. The minimum atomic E-state index is -4.28. The van der Waals surface area contributed by atoms with Crippen molar-refractivity contribution >= 4 is 10.0 Å². The van der Waals surface area contributed by atoms with Crippen LogP contribution >= 0.6 is 0 Å². The van der Waals surface area contributed by atoms with E-state index in [9.17, 15) is 17.2 Å². The second-order valence-electron chi connectivity index (χ2n) is 3.98. The van der Waals surface area contributed by atoms with Crippen LogP contribution in [0.5, 0.6) is 0 Å². The van der Waals surface area contributed by atoms with Crippen molar-refractivity contribution in [1.82, 2.24) is 4.72 Å². The van der Waals surface area contributed by atoms with E-state index in [0.717, 1.165) is 12.1 Å². The van der Waals surface area contributed by atoms with Gasteiger partial charge >= 0.3 is 0 Å². The number of benzene rings is 1. The van der Waals surface area contributed by atoms with Crippen molar-refractivity contribution in [3.63, 3.8) is 0 Å². The van der Waals surface area contributed by atoms with Gasteiger partial charge in [0.05, 0.1) is 6.07 Å². The number of halogens is 2. The Morgan fingerprint density at radius 2 is 2.06 bits per heavy atom. The molecule has 1 atom stereocenters. The first-order valence-electron chi connectivity index (χ1n) is 5.14. The fourth-order valence-electron chi connectivity index (χ4n) is 1.21. The molecule has 0 spiro atoms. The predicted molar refractivity (Wildman–Crippen MR) is 61.0 cm³/mol. The number of sulfonamides is 1. The summed E-state index contributed by atoms with van der Waals surface area (Å²) in [5.74, 6) is -1.94. The summed E-state index contributed by atoms with van der Waals surface area (Å²) < 4.78 is 52.1. The average Bonchev–Trinajstić information content (AvgIpc) is 2.31. The maximum atomic E-state index is 13.4. The second kappa shape index (κ2) is 5.00. The summed E-state index contributed by atoms with van der Waals surface area (Å²) in [5, 5.41) is 8.87. The highest BCUT2D eigenvalue weighted by Crippen LogP contribution is 2.19. The molecule has 7 heteroatoms. The van der Waals surface area contributed by atoms with Crippen molar-refractivity contribution in [3.8, 4) is 6.07 Å². The molecule has 1 aromatic carbocycles. The molecule has 1 rings (SSSR count). The number of hydrogen-bond donors (Lipinski definition) is 1. The topological polar surface area (TPSA) is 70.0 Å². The molecule has 0 saturated heterocycles. The van der Waals surface area contributed by atoms with E-state index >= 15 is 0 Å². The molecule has 0 radical (unpaired) electrons. The van der Waals surface area contributed by atoms with E-state index in [-0.39, 0.29) is 6.42 Å². The molecule has 0 amide bonds. The molecule has 98 valence electrons. The summed E-state index contributed by atoms with van der Waals surface area (Å²) >= 11 is 0. The Morgan fingerprint density at radius 3 is 2.56 bits per heavy atom. The largest absolute Gasteiger partial charge is 0.244 e. The number of rotatable bonds is 4. The van der Waals surface area contributed by atoms with E-state index in [0.29, 0.717) is 6.07 Å². The standard InChI is InChI=1S/C11H12F2N2O2S/c1-3-11(2,7-14)15-18(16,17)10-6-8(12)4-5-9(10)13/h4-6,15H,3H2,1-2H3. The average molecular weight is 274 g/mol. The summed E-state index contributed by atoms with van der Waals surface area (Å²) in [4.78, 5) is -0.808. The van der Waals surface area contributed by atoms with Crippen molar-refractivity contribution in [3.05, 3.63) is 29.8 Å². The quantitative estimate of drug-likeness (QED) is 0.912. The second-order valence-corrected chi connectivity index (χ2v) is 5.63. The Morgan fingerprint density at radius 1 is 1.44 bits per heavy atom. The zero-order valence-electron chi connectivity index (χ0n) is 9.87. The molecular formula is C11H12F2N2O2S. The highest BCUT2D eigenvalue weighted by Gasteiger charge is 2.30. The van der Waals surface area contributed by atoms with E-state index in [2.05, 4.69) is 4.72 Å². The van der Waals surface area contributed by atoms with Gasteiger partial charge in [0.1, 0.15) is 22.1 Å². The number of nitrogens with zero attached hydrogens (tertiary/aromatic N) is 1. The third-order valence-corrected chi connectivity index (χ3v) is 4.11. The van der Waals surface area contributed by atoms with Gasteiger partial charge in [-0.2, -0.15) is 9.98 Å². The Kier molecular flexibility index (Phi) is 4.04. The van der Waals surface area contributed by atoms with Crippen molar-refractivity contribution in [2.45, 2.75) is 30.7 Å². The monoisotopic (exact) mass is 274 g/mol. The lowest BCUT2D eigenvalue weighted by atomic mass is 10.0. The molecule has 1 aromatic rings. The maximum absolute atomic E-state index is 13.4. The first-order valence-corrected chi connectivity index (χ1v) is 6.63. The molecule has 1 N–H and O–H groups in total. The fourth-order valence-corrected chi connectivity index (χ4v) is 2.69. The van der Waals surface area contributed by atoms with Crippen molar-refractivity contribution in [1.29, 1.82) is 5.26 Å². The number of nitriles is 1. The van der Waals surface area contributed by atoms with Gasteiger partial charge < -0.3 is 0 Å². The van der Waals surface area contributed by atoms with Gasteiger partial charge in [-0.1, -0.05) is 6.92 Å². The summed E-state index contributed by atoms with van der Waals surface area (Å²) in [7, 11) is -4.28. The SMILES string of the molecule is CCC(C)(C#N)NS(=O)(=O)c1cc(F)ccc1F. The van der Waals surface area contributed by atoms with E-state index in [1.54, 1.807) is 13.0 Å². The lowest BCUT2D eigenvalue weighted by Crippen LogP contribution is -2.44. The molecule has 18 heavy (non-hydrogen) atoms. The van der Waals surface area contributed by atoms with E-state index in [1.165, 1.54) is 6.92 Å². The third-order valence-electron chi connectivity index (χ3n) is 2.50. The molecule has 0 heterocycles. The van der Waals surface area contributed by atoms with Gasteiger partial charge in [-0.3, -0.25) is 0 Å². The zero-order chi connectivity index (χ0) is 14.0. The van der Waals surface area contributed by atoms with Gasteiger partial charge in [0.15, 0.2) is 0 Å². The van der Waals surface area contributed by atoms with Gasteiger partial charge in [-0.25, -0.2) is 17.2 Å². The smallest absolute Gasteiger partial charge is 0.207 e. The lowest BCUT2D eigenvalue weighted by molar-refractivity contribution is 0.488. The van der Waals surface area contributed by atoms with Crippen LogP contribution in [0.1, 0.15) is 20.3 Å². The van der Waals surface area contributed by atoms with Crippen LogP contribution < -0.4 is 4.72 Å². The number of hydrogen-bond acceptors (Lipinski definition) is 3. The van der Waals surface area contributed by atoms with Crippen molar-refractivity contribution < 1.29 is 17.2 Å².